The van der Waals surface area contributed by atoms with Gasteiger partial charge in [-0.25, -0.2) is 24.5 Å². The minimum Gasteiger partial charge on any atom is -0.477 e. The number of nitrogens with zero attached hydrogens (tertiary/aromatic N) is 5. The fourth-order valence-electron chi connectivity index (χ4n) is 3.16. The van der Waals surface area contributed by atoms with E-state index >= 15 is 0 Å². The highest BCUT2D eigenvalue weighted by Crippen LogP contribution is 2.39. The Balaban J connectivity index is 1.71. The lowest BCUT2D eigenvalue weighted by Crippen LogP contribution is -2.48. The summed E-state index contributed by atoms with van der Waals surface area (Å²) in [6.45, 7) is 1.51. The fourth-order valence-corrected chi connectivity index (χ4v) is 3.58. The molecule has 0 saturated carbocycles. The number of nitrogens with one attached hydrogen (secondary N) is 1. The zero-order chi connectivity index (χ0) is 17.6. The van der Waals surface area contributed by atoms with E-state index in [1.807, 2.05) is 22.6 Å². The highest BCUT2D eigenvalue weighted by molar-refractivity contribution is 14.1. The third-order valence-corrected chi connectivity index (χ3v) is 4.85. The van der Waals surface area contributed by atoms with Crippen LogP contribution in [0.1, 0.15) is 16.9 Å². The first-order chi connectivity index (χ1) is 12.0. The maximum Gasteiger partial charge on any atom is 0.354 e. The molecular weight excluding hydrogens is 439 g/mol. The second-order valence-corrected chi connectivity index (χ2v) is 6.86. The number of fused-ring (bicyclic) bond motifs is 4. The smallest absolute Gasteiger partial charge is 0.354 e. The lowest BCUT2D eigenvalue weighted by Gasteiger charge is -2.35. The molecule has 2 aliphatic rings. The molecule has 9 nitrogen and oxygen atoms in total. The molecule has 10 heteroatoms. The van der Waals surface area contributed by atoms with Gasteiger partial charge in [-0.2, -0.15) is 0 Å². The number of rotatable bonds is 2. The van der Waals surface area contributed by atoms with Gasteiger partial charge in [0.15, 0.2) is 11.5 Å². The molecular formula is C15H13IN6O3. The van der Waals surface area contributed by atoms with Crippen molar-refractivity contribution in [3.8, 4) is 0 Å². The minimum absolute atomic E-state index is 0.0510. The lowest BCUT2D eigenvalue weighted by molar-refractivity contribution is 0.0690. The first-order valence-corrected chi connectivity index (χ1v) is 8.68. The van der Waals surface area contributed by atoms with E-state index in [1.165, 1.54) is 12.4 Å². The minimum atomic E-state index is -1.12. The number of amides is 2. The van der Waals surface area contributed by atoms with Crippen molar-refractivity contribution in [1.29, 1.82) is 0 Å². The van der Waals surface area contributed by atoms with Crippen molar-refractivity contribution >= 4 is 51.9 Å². The Kier molecular flexibility index (Phi) is 3.90. The van der Waals surface area contributed by atoms with Gasteiger partial charge < -0.3 is 10.0 Å². The molecule has 0 aliphatic carbocycles. The standard InChI is InChI=1S/C15H13IN6O3/c16-11-5-12(18-7-17-11)20-15(25)22-8-3-4-21(6-8)10-2-1-9(14(23)24)19-13(10)22/h1-2,5,7-8H,3-4,6H2,(H,23,24)(H,17,18,20,25). The molecule has 4 rings (SSSR count). The quantitative estimate of drug-likeness (QED) is 0.528. The van der Waals surface area contributed by atoms with Crippen molar-refractivity contribution in [1.82, 2.24) is 15.0 Å². The molecule has 1 fully saturated rings. The normalized spacial score (nSPS) is 18.0. The van der Waals surface area contributed by atoms with Gasteiger partial charge in [0.2, 0.25) is 0 Å². The molecule has 1 saturated heterocycles. The molecule has 2 aromatic rings. The maximum atomic E-state index is 12.9. The van der Waals surface area contributed by atoms with Gasteiger partial charge in [0.1, 0.15) is 15.8 Å². The van der Waals surface area contributed by atoms with Crippen molar-refractivity contribution in [3.63, 3.8) is 0 Å². The zero-order valence-electron chi connectivity index (χ0n) is 12.9. The number of hydrogen-bond acceptors (Lipinski definition) is 6. The number of carbonyl (C=O) groups is 2. The summed E-state index contributed by atoms with van der Waals surface area (Å²) in [7, 11) is 0. The molecule has 2 aromatic heterocycles. The predicted octanol–water partition coefficient (Wildman–Crippen LogP) is 1.81. The van der Waals surface area contributed by atoms with E-state index in [-0.39, 0.29) is 17.8 Å². The molecule has 25 heavy (non-hydrogen) atoms. The second-order valence-electron chi connectivity index (χ2n) is 5.76. The van der Waals surface area contributed by atoms with Gasteiger partial charge in [0, 0.05) is 19.2 Å². The van der Waals surface area contributed by atoms with E-state index in [2.05, 4.69) is 25.2 Å². The number of aromatic carboxylic acids is 1. The van der Waals surface area contributed by atoms with Crippen LogP contribution >= 0.6 is 22.6 Å². The number of carboxylic acids is 1. The van der Waals surface area contributed by atoms with E-state index < -0.39 is 5.97 Å². The summed E-state index contributed by atoms with van der Waals surface area (Å²) in [6, 6.07) is 4.40. The van der Waals surface area contributed by atoms with E-state index in [9.17, 15) is 14.7 Å². The van der Waals surface area contributed by atoms with Gasteiger partial charge in [0.05, 0.1) is 11.7 Å². The highest BCUT2D eigenvalue weighted by atomic mass is 127. The second kappa shape index (κ2) is 6.10. The monoisotopic (exact) mass is 452 g/mol. The van der Waals surface area contributed by atoms with E-state index in [0.717, 1.165) is 18.7 Å². The number of halogens is 1. The molecule has 2 N–H and O–H groups in total. The highest BCUT2D eigenvalue weighted by Gasteiger charge is 2.40. The topological polar surface area (TPSA) is 112 Å². The van der Waals surface area contributed by atoms with Crippen LogP contribution in [0.3, 0.4) is 0 Å². The van der Waals surface area contributed by atoms with Gasteiger partial charge in [-0.3, -0.25) is 10.2 Å². The van der Waals surface area contributed by atoms with E-state index in [0.29, 0.717) is 21.9 Å². The summed E-state index contributed by atoms with van der Waals surface area (Å²) in [4.78, 5) is 40.0. The maximum absolute atomic E-state index is 12.9. The molecule has 4 heterocycles. The summed E-state index contributed by atoms with van der Waals surface area (Å²) < 4.78 is 0.709. The molecule has 0 aromatic carbocycles. The van der Waals surface area contributed by atoms with Crippen LogP contribution in [0, 0.1) is 3.70 Å². The van der Waals surface area contributed by atoms with Crippen LogP contribution in [0.2, 0.25) is 0 Å². The third kappa shape index (κ3) is 2.86. The van der Waals surface area contributed by atoms with Crippen molar-refractivity contribution in [3.05, 3.63) is 33.9 Å². The van der Waals surface area contributed by atoms with Crippen LogP contribution in [0.25, 0.3) is 0 Å². The molecule has 2 aliphatic heterocycles. The number of pyridine rings is 1. The largest absolute Gasteiger partial charge is 0.477 e. The Morgan fingerprint density at radius 2 is 2.16 bits per heavy atom. The molecule has 0 radical (unpaired) electrons. The van der Waals surface area contributed by atoms with Crippen LogP contribution in [0.4, 0.5) is 22.1 Å². The molecule has 1 atom stereocenters. The summed E-state index contributed by atoms with van der Waals surface area (Å²) in [5, 5.41) is 12.0. The van der Waals surface area contributed by atoms with Crippen LogP contribution in [0.5, 0.6) is 0 Å². The Morgan fingerprint density at radius 1 is 1.32 bits per heavy atom. The first kappa shape index (κ1) is 16.0. The SMILES string of the molecule is O=C(O)c1ccc2c(n1)N(C(=O)Nc1cc(I)ncn1)C1CCN2C1. The van der Waals surface area contributed by atoms with Crippen molar-refractivity contribution < 1.29 is 14.7 Å². The fraction of sp³-hybridized carbons (Fsp3) is 0.267. The molecule has 0 spiro atoms. The zero-order valence-corrected chi connectivity index (χ0v) is 15.0. The van der Waals surface area contributed by atoms with Gasteiger partial charge in [-0.05, 0) is 41.1 Å². The average Bonchev–Trinajstić information content (AvgIpc) is 2.99. The Morgan fingerprint density at radius 3 is 2.92 bits per heavy atom. The Labute approximate surface area is 156 Å². The number of carbonyl (C=O) groups excluding carboxylic acids is 1. The third-order valence-electron chi connectivity index (χ3n) is 4.26. The van der Waals surface area contributed by atoms with Crippen LogP contribution in [-0.2, 0) is 0 Å². The van der Waals surface area contributed by atoms with E-state index in [4.69, 9.17) is 0 Å². The number of hydrogen-bond donors (Lipinski definition) is 2. The lowest BCUT2D eigenvalue weighted by atomic mass is 10.2. The Hall–Kier alpha value is -2.50. The Bertz CT molecular complexity index is 876. The molecule has 2 bridgehead atoms. The number of urea groups is 1. The van der Waals surface area contributed by atoms with Gasteiger partial charge in [-0.1, -0.05) is 0 Å². The van der Waals surface area contributed by atoms with Crippen LogP contribution in [0.15, 0.2) is 24.5 Å². The summed E-state index contributed by atoms with van der Waals surface area (Å²) in [5.74, 6) is -0.364. The molecule has 2 amide bonds. The first-order valence-electron chi connectivity index (χ1n) is 7.60. The summed E-state index contributed by atoms with van der Waals surface area (Å²) in [6.07, 6.45) is 2.17. The van der Waals surface area contributed by atoms with Crippen molar-refractivity contribution in [2.24, 2.45) is 0 Å². The number of anilines is 3. The van der Waals surface area contributed by atoms with Gasteiger partial charge in [-0.15, -0.1) is 0 Å². The van der Waals surface area contributed by atoms with Crippen LogP contribution < -0.4 is 15.1 Å². The van der Waals surface area contributed by atoms with Crippen LogP contribution in [-0.4, -0.2) is 51.2 Å². The average molecular weight is 452 g/mol. The number of carboxylic acid groups (broad SMARTS) is 1. The number of aromatic nitrogens is 3. The van der Waals surface area contributed by atoms with E-state index in [1.54, 1.807) is 17.0 Å². The van der Waals surface area contributed by atoms with Gasteiger partial charge in [0.25, 0.3) is 0 Å². The molecule has 1 unspecified atom stereocenters. The van der Waals surface area contributed by atoms with Crippen molar-refractivity contribution in [2.75, 3.05) is 28.2 Å². The van der Waals surface area contributed by atoms with Gasteiger partial charge >= 0.3 is 12.0 Å². The van der Waals surface area contributed by atoms with Crippen molar-refractivity contribution in [2.45, 2.75) is 12.5 Å². The predicted molar refractivity (Wildman–Crippen MR) is 98.1 cm³/mol. The summed E-state index contributed by atoms with van der Waals surface area (Å²) >= 11 is 2.04. The summed E-state index contributed by atoms with van der Waals surface area (Å²) in [5.41, 5.74) is 0.682. The molecule has 128 valence electrons.